The summed E-state index contributed by atoms with van der Waals surface area (Å²) in [6.07, 6.45) is 9.99. The second-order valence-corrected chi connectivity index (χ2v) is 5.21. The zero-order valence-corrected chi connectivity index (χ0v) is 11.6. The van der Waals surface area contributed by atoms with Crippen LogP contribution in [0.4, 0.5) is 0 Å². The fraction of sp³-hybridized carbons (Fsp3) is 0.533. The molecule has 20 heavy (non-hydrogen) atoms. The Hall–Kier alpha value is -1.91. The zero-order valence-electron chi connectivity index (χ0n) is 11.6. The zero-order chi connectivity index (χ0) is 14.2. The average molecular weight is 275 g/mol. The van der Waals surface area contributed by atoms with Crippen molar-refractivity contribution in [3.63, 3.8) is 0 Å². The molecule has 0 aliphatic heterocycles. The Balaban J connectivity index is 1.75. The van der Waals surface area contributed by atoms with E-state index >= 15 is 0 Å². The number of carbonyl (C=O) groups excluding carboxylic acids is 2. The molecule has 1 aromatic rings. The number of nitrogens with zero attached hydrogens (tertiary/aromatic N) is 1. The Morgan fingerprint density at radius 3 is 2.55 bits per heavy atom. The van der Waals surface area contributed by atoms with E-state index in [0.29, 0.717) is 6.54 Å². The topological polar surface area (TPSA) is 71.1 Å². The van der Waals surface area contributed by atoms with Crippen LogP contribution < -0.4 is 10.6 Å². The number of amides is 2. The molecule has 0 spiro atoms. The Morgan fingerprint density at radius 1 is 1.15 bits per heavy atom. The lowest BCUT2D eigenvalue weighted by atomic mass is 10.1. The molecule has 1 fully saturated rings. The van der Waals surface area contributed by atoms with E-state index in [0.717, 1.165) is 31.2 Å². The van der Waals surface area contributed by atoms with Gasteiger partial charge in [-0.15, -0.1) is 0 Å². The van der Waals surface area contributed by atoms with E-state index in [-0.39, 0.29) is 6.04 Å². The maximum atomic E-state index is 11.8. The van der Waals surface area contributed by atoms with Crippen LogP contribution in [0, 0.1) is 0 Å². The summed E-state index contributed by atoms with van der Waals surface area (Å²) < 4.78 is 0. The van der Waals surface area contributed by atoms with Crippen LogP contribution in [0.5, 0.6) is 0 Å². The van der Waals surface area contributed by atoms with Crippen LogP contribution in [0.2, 0.25) is 0 Å². The van der Waals surface area contributed by atoms with Gasteiger partial charge < -0.3 is 10.6 Å². The third-order valence-electron chi connectivity index (χ3n) is 3.57. The smallest absolute Gasteiger partial charge is 0.309 e. The van der Waals surface area contributed by atoms with Crippen molar-refractivity contribution >= 4 is 11.8 Å². The fourth-order valence-electron chi connectivity index (χ4n) is 2.44. The van der Waals surface area contributed by atoms with E-state index in [1.54, 1.807) is 18.5 Å². The number of hydrogen-bond acceptors (Lipinski definition) is 3. The summed E-state index contributed by atoms with van der Waals surface area (Å²) >= 11 is 0. The molecule has 5 heteroatoms. The molecule has 0 unspecified atom stereocenters. The first-order valence-electron chi connectivity index (χ1n) is 7.23. The highest BCUT2D eigenvalue weighted by Crippen LogP contribution is 2.16. The van der Waals surface area contributed by atoms with Crippen molar-refractivity contribution in [2.45, 2.75) is 51.1 Å². The summed E-state index contributed by atoms with van der Waals surface area (Å²) in [5.74, 6) is -1.10. The number of nitrogens with one attached hydrogen (secondary N) is 2. The van der Waals surface area contributed by atoms with Gasteiger partial charge in [-0.3, -0.25) is 14.6 Å². The number of hydrogen-bond donors (Lipinski definition) is 2. The van der Waals surface area contributed by atoms with Gasteiger partial charge in [0.15, 0.2) is 0 Å². The van der Waals surface area contributed by atoms with E-state index in [4.69, 9.17) is 0 Å². The highest BCUT2D eigenvalue weighted by molar-refractivity contribution is 6.35. The van der Waals surface area contributed by atoms with E-state index < -0.39 is 11.8 Å². The van der Waals surface area contributed by atoms with Crippen LogP contribution in [0.1, 0.15) is 44.1 Å². The van der Waals surface area contributed by atoms with Gasteiger partial charge in [-0.1, -0.05) is 31.7 Å². The van der Waals surface area contributed by atoms with Gasteiger partial charge in [0.25, 0.3) is 0 Å². The molecule has 0 aromatic carbocycles. The van der Waals surface area contributed by atoms with Crippen molar-refractivity contribution in [3.05, 3.63) is 30.1 Å². The lowest BCUT2D eigenvalue weighted by molar-refractivity contribution is -0.139. The van der Waals surface area contributed by atoms with E-state index in [9.17, 15) is 9.59 Å². The van der Waals surface area contributed by atoms with Gasteiger partial charge in [0.1, 0.15) is 0 Å². The Bertz CT molecular complexity index is 440. The molecule has 5 nitrogen and oxygen atoms in total. The number of rotatable bonds is 3. The molecule has 1 aliphatic carbocycles. The third kappa shape index (κ3) is 4.64. The van der Waals surface area contributed by atoms with Crippen LogP contribution in [-0.2, 0) is 16.1 Å². The number of carbonyl (C=O) groups is 2. The second kappa shape index (κ2) is 7.62. The summed E-state index contributed by atoms with van der Waals surface area (Å²) in [5.41, 5.74) is 0.878. The first-order chi connectivity index (χ1) is 9.75. The van der Waals surface area contributed by atoms with Gasteiger partial charge in [-0.2, -0.15) is 0 Å². The lowest BCUT2D eigenvalue weighted by Gasteiger charge is -2.15. The molecular formula is C15H21N3O2. The monoisotopic (exact) mass is 275 g/mol. The predicted octanol–water partition coefficient (Wildman–Crippen LogP) is 1.54. The molecule has 0 bridgehead atoms. The molecule has 1 saturated carbocycles. The minimum absolute atomic E-state index is 0.147. The molecular weight excluding hydrogens is 254 g/mol. The largest absolute Gasteiger partial charge is 0.345 e. The normalized spacial score (nSPS) is 16.2. The summed E-state index contributed by atoms with van der Waals surface area (Å²) in [5, 5.41) is 5.44. The standard InChI is InChI=1S/C15H21N3O2/c19-14(17-11-12-6-5-9-16-10-12)15(20)18-13-7-3-1-2-4-8-13/h5-6,9-10,13H,1-4,7-8,11H2,(H,17,19)(H,18,20). The van der Waals surface area contributed by atoms with Gasteiger partial charge in [-0.05, 0) is 24.5 Å². The maximum Gasteiger partial charge on any atom is 0.309 e. The quantitative estimate of drug-likeness (QED) is 0.649. The fourth-order valence-corrected chi connectivity index (χ4v) is 2.44. The molecule has 1 heterocycles. The molecule has 0 saturated heterocycles. The van der Waals surface area contributed by atoms with E-state index in [1.807, 2.05) is 6.07 Å². The average Bonchev–Trinajstić information content (AvgIpc) is 2.74. The minimum atomic E-state index is -0.571. The van der Waals surface area contributed by atoms with Crippen molar-refractivity contribution in [2.75, 3.05) is 0 Å². The number of aromatic nitrogens is 1. The van der Waals surface area contributed by atoms with Crippen molar-refractivity contribution in [1.82, 2.24) is 15.6 Å². The molecule has 2 N–H and O–H groups in total. The second-order valence-electron chi connectivity index (χ2n) is 5.21. The maximum absolute atomic E-state index is 11.8. The molecule has 1 aliphatic rings. The highest BCUT2D eigenvalue weighted by Gasteiger charge is 2.19. The molecule has 1 aromatic heterocycles. The van der Waals surface area contributed by atoms with Crippen molar-refractivity contribution in [3.8, 4) is 0 Å². The van der Waals surface area contributed by atoms with Crippen LogP contribution in [0.3, 0.4) is 0 Å². The van der Waals surface area contributed by atoms with Crippen LogP contribution >= 0.6 is 0 Å². The SMILES string of the molecule is O=C(NCc1cccnc1)C(=O)NC1CCCCCC1. The van der Waals surface area contributed by atoms with Crippen molar-refractivity contribution in [2.24, 2.45) is 0 Å². The van der Waals surface area contributed by atoms with Crippen LogP contribution in [-0.4, -0.2) is 22.8 Å². The minimum Gasteiger partial charge on any atom is -0.345 e. The van der Waals surface area contributed by atoms with Gasteiger partial charge in [0.2, 0.25) is 0 Å². The molecule has 0 atom stereocenters. The summed E-state index contributed by atoms with van der Waals surface area (Å²) in [7, 11) is 0. The van der Waals surface area contributed by atoms with E-state index in [2.05, 4.69) is 15.6 Å². The summed E-state index contributed by atoms with van der Waals surface area (Å²) in [6, 6.07) is 3.80. The molecule has 108 valence electrons. The van der Waals surface area contributed by atoms with Crippen LogP contribution in [0.25, 0.3) is 0 Å². The third-order valence-corrected chi connectivity index (χ3v) is 3.57. The molecule has 2 amide bonds. The van der Waals surface area contributed by atoms with Gasteiger partial charge >= 0.3 is 11.8 Å². The summed E-state index contributed by atoms with van der Waals surface area (Å²) in [4.78, 5) is 27.5. The van der Waals surface area contributed by atoms with Crippen molar-refractivity contribution in [1.29, 1.82) is 0 Å². The predicted molar refractivity (Wildman–Crippen MR) is 75.7 cm³/mol. The summed E-state index contributed by atoms with van der Waals surface area (Å²) in [6.45, 7) is 0.324. The number of pyridine rings is 1. The van der Waals surface area contributed by atoms with Crippen molar-refractivity contribution < 1.29 is 9.59 Å². The molecule has 2 rings (SSSR count). The Morgan fingerprint density at radius 2 is 1.90 bits per heavy atom. The first-order valence-corrected chi connectivity index (χ1v) is 7.23. The highest BCUT2D eigenvalue weighted by atomic mass is 16.2. The first kappa shape index (κ1) is 14.5. The van der Waals surface area contributed by atoms with E-state index in [1.165, 1.54) is 12.8 Å². The van der Waals surface area contributed by atoms with Gasteiger partial charge in [0, 0.05) is 25.0 Å². The Labute approximate surface area is 119 Å². The molecule has 0 radical (unpaired) electrons. The van der Waals surface area contributed by atoms with Gasteiger partial charge in [0.05, 0.1) is 0 Å². The van der Waals surface area contributed by atoms with Crippen LogP contribution in [0.15, 0.2) is 24.5 Å². The lowest BCUT2D eigenvalue weighted by Crippen LogP contribution is -2.44. The Kier molecular flexibility index (Phi) is 5.53. The van der Waals surface area contributed by atoms with Gasteiger partial charge in [-0.25, -0.2) is 0 Å².